The Kier molecular flexibility index (Phi) is 9.68. The Morgan fingerprint density at radius 3 is 2.11 bits per heavy atom. The van der Waals surface area contributed by atoms with Gasteiger partial charge in [0, 0.05) is 6.04 Å². The minimum Gasteiger partial charge on any atom is -0.323 e. The number of hydrogen-bond donors (Lipinski definition) is 2. The lowest BCUT2D eigenvalue weighted by Crippen LogP contribution is -2.32. The van der Waals surface area contributed by atoms with Gasteiger partial charge in [-0.25, -0.2) is 0 Å². The van der Waals surface area contributed by atoms with Crippen molar-refractivity contribution in [1.82, 2.24) is 0 Å². The van der Waals surface area contributed by atoms with Crippen molar-refractivity contribution in [2.45, 2.75) is 30.7 Å². The van der Waals surface area contributed by atoms with Gasteiger partial charge in [0.2, 0.25) is 10.3 Å². The number of hydrogen-bond acceptors (Lipinski definition) is 5. The Balaban J connectivity index is 0.000000289. The maximum atomic E-state index is 10.8. The first-order chi connectivity index (χ1) is 12.6. The largest absolute Gasteiger partial charge is 0.323 e. The molecule has 0 heterocycles. The van der Waals surface area contributed by atoms with Gasteiger partial charge >= 0.3 is 0 Å². The van der Waals surface area contributed by atoms with Crippen LogP contribution in [0.5, 0.6) is 0 Å². The van der Waals surface area contributed by atoms with Crippen LogP contribution in [0.25, 0.3) is 0 Å². The fourth-order valence-corrected chi connectivity index (χ4v) is 3.50. The molecule has 2 aromatic rings. The summed E-state index contributed by atoms with van der Waals surface area (Å²) in [5.74, 6) is -0.0356. The van der Waals surface area contributed by atoms with Gasteiger partial charge in [0.15, 0.2) is 0 Å². The van der Waals surface area contributed by atoms with Gasteiger partial charge in [-0.1, -0.05) is 48.0 Å². The maximum Gasteiger partial charge on any atom is 0.294 e. The molecule has 1 atom stereocenters. The Hall–Kier alpha value is -1.71. The van der Waals surface area contributed by atoms with Crippen LogP contribution in [0.15, 0.2) is 59.5 Å². The fraction of sp³-hybridized carbons (Fsp3) is 0.278. The second-order valence-electron chi connectivity index (χ2n) is 5.75. The number of aryl methyl sites for hydroxylation is 2. The summed E-state index contributed by atoms with van der Waals surface area (Å²) >= 11 is 5.53. The lowest BCUT2D eigenvalue weighted by molar-refractivity contribution is 0.483. The molecule has 0 spiro atoms. The lowest BCUT2D eigenvalue weighted by atomic mass is 10.0. The zero-order valence-electron chi connectivity index (χ0n) is 14.7. The third-order valence-corrected chi connectivity index (χ3v) is 5.85. The average Bonchev–Trinajstić information content (AvgIpc) is 2.61. The second-order valence-corrected chi connectivity index (χ2v) is 8.44. The molecule has 6 nitrogen and oxygen atoms in total. The first-order valence-corrected chi connectivity index (χ1v) is 11.0. The zero-order chi connectivity index (χ0) is 20.4. The molecule has 0 saturated carbocycles. The molecular formula is C18H22ClNO5S2. The molecular weight excluding hydrogens is 410 g/mol. The SMILES string of the molecule is Cc1ccc(S(=O)(=O)O)cc1.NC(CCc1ccccc1)C(CCl)=S(=O)=O. The highest BCUT2D eigenvalue weighted by molar-refractivity contribution is 7.85. The summed E-state index contributed by atoms with van der Waals surface area (Å²) in [4.78, 5) is 0.112. The van der Waals surface area contributed by atoms with Gasteiger partial charge in [0.1, 0.15) is 0 Å². The maximum absolute atomic E-state index is 10.8. The van der Waals surface area contributed by atoms with E-state index in [1.807, 2.05) is 37.3 Å². The van der Waals surface area contributed by atoms with E-state index in [0.29, 0.717) is 6.42 Å². The Bertz CT molecular complexity index is 949. The van der Waals surface area contributed by atoms with E-state index in [-0.39, 0.29) is 15.6 Å². The molecule has 2 aromatic carbocycles. The molecule has 0 aromatic heterocycles. The number of halogens is 1. The van der Waals surface area contributed by atoms with Crippen LogP contribution in [0.3, 0.4) is 0 Å². The van der Waals surface area contributed by atoms with Gasteiger partial charge in [-0.15, -0.1) is 11.6 Å². The summed E-state index contributed by atoms with van der Waals surface area (Å²) in [6.45, 7) is 1.84. The highest BCUT2D eigenvalue weighted by atomic mass is 35.5. The minimum atomic E-state index is -4.02. The van der Waals surface area contributed by atoms with Crippen molar-refractivity contribution in [3.63, 3.8) is 0 Å². The number of rotatable bonds is 6. The average molecular weight is 432 g/mol. The summed E-state index contributed by atoms with van der Waals surface area (Å²) in [7, 11) is -6.30. The predicted molar refractivity (Wildman–Crippen MR) is 108 cm³/mol. The Labute approximate surface area is 166 Å². The first-order valence-electron chi connectivity index (χ1n) is 7.99. The van der Waals surface area contributed by atoms with E-state index in [1.165, 1.54) is 12.1 Å². The normalized spacial score (nSPS) is 11.9. The summed E-state index contributed by atoms with van der Waals surface area (Å²) in [6, 6.07) is 15.3. The van der Waals surface area contributed by atoms with Gasteiger partial charge in [-0.05, 0) is 37.5 Å². The van der Waals surface area contributed by atoms with E-state index in [0.717, 1.165) is 17.5 Å². The number of nitrogens with two attached hydrogens (primary N) is 1. The fourth-order valence-electron chi connectivity index (χ4n) is 2.11. The van der Waals surface area contributed by atoms with E-state index in [2.05, 4.69) is 0 Å². The van der Waals surface area contributed by atoms with Crippen molar-refractivity contribution in [2.24, 2.45) is 5.73 Å². The molecule has 0 aliphatic heterocycles. The molecule has 0 aliphatic rings. The molecule has 2 rings (SSSR count). The molecule has 27 heavy (non-hydrogen) atoms. The van der Waals surface area contributed by atoms with Gasteiger partial charge < -0.3 is 5.73 Å². The third-order valence-electron chi connectivity index (χ3n) is 3.67. The van der Waals surface area contributed by atoms with Crippen LogP contribution < -0.4 is 5.73 Å². The van der Waals surface area contributed by atoms with Gasteiger partial charge in [0.25, 0.3) is 10.1 Å². The molecule has 148 valence electrons. The number of alkyl halides is 1. The van der Waals surface area contributed by atoms with Gasteiger partial charge in [0.05, 0.1) is 15.6 Å². The van der Waals surface area contributed by atoms with E-state index in [4.69, 9.17) is 21.9 Å². The van der Waals surface area contributed by atoms with Crippen molar-refractivity contribution in [2.75, 3.05) is 5.88 Å². The molecule has 3 N–H and O–H groups in total. The van der Waals surface area contributed by atoms with E-state index in [9.17, 15) is 16.8 Å². The van der Waals surface area contributed by atoms with Crippen LogP contribution in [0.1, 0.15) is 17.5 Å². The quantitative estimate of drug-likeness (QED) is 0.412. The molecule has 1 unspecified atom stereocenters. The van der Waals surface area contributed by atoms with Gasteiger partial charge in [-0.3, -0.25) is 4.55 Å². The molecule has 0 amide bonds. The number of benzene rings is 2. The van der Waals surface area contributed by atoms with Crippen LogP contribution in [-0.4, -0.2) is 38.2 Å². The summed E-state index contributed by atoms with van der Waals surface area (Å²) < 4.78 is 51.1. The zero-order valence-corrected chi connectivity index (χ0v) is 17.1. The summed E-state index contributed by atoms with van der Waals surface area (Å²) in [6.07, 6.45) is 1.33. The van der Waals surface area contributed by atoms with Crippen molar-refractivity contribution in [3.8, 4) is 0 Å². The molecule has 9 heteroatoms. The Morgan fingerprint density at radius 1 is 1.11 bits per heavy atom. The van der Waals surface area contributed by atoms with E-state index < -0.39 is 26.5 Å². The van der Waals surface area contributed by atoms with Crippen LogP contribution in [0.4, 0.5) is 0 Å². The summed E-state index contributed by atoms with van der Waals surface area (Å²) in [5, 5.41) is 0. The second kappa shape index (κ2) is 11.2. The molecule has 0 fully saturated rings. The van der Waals surface area contributed by atoms with Crippen molar-refractivity contribution < 1.29 is 21.4 Å². The van der Waals surface area contributed by atoms with E-state index >= 15 is 0 Å². The first kappa shape index (κ1) is 23.3. The smallest absolute Gasteiger partial charge is 0.294 e. The monoisotopic (exact) mass is 431 g/mol. The van der Waals surface area contributed by atoms with Crippen LogP contribution in [-0.2, 0) is 26.8 Å². The lowest BCUT2D eigenvalue weighted by Gasteiger charge is -2.09. The Morgan fingerprint density at radius 2 is 1.67 bits per heavy atom. The molecule has 0 bridgehead atoms. The van der Waals surface area contributed by atoms with Crippen LogP contribution in [0.2, 0.25) is 0 Å². The van der Waals surface area contributed by atoms with Crippen LogP contribution in [0, 0.1) is 6.92 Å². The van der Waals surface area contributed by atoms with Crippen molar-refractivity contribution in [1.29, 1.82) is 0 Å². The van der Waals surface area contributed by atoms with Crippen molar-refractivity contribution >= 4 is 36.9 Å². The molecule has 0 aliphatic carbocycles. The summed E-state index contributed by atoms with van der Waals surface area (Å²) in [5.41, 5.74) is 7.86. The predicted octanol–water partition coefficient (Wildman–Crippen LogP) is 2.48. The van der Waals surface area contributed by atoms with Crippen molar-refractivity contribution in [3.05, 3.63) is 65.7 Å². The van der Waals surface area contributed by atoms with Gasteiger partial charge in [-0.2, -0.15) is 16.8 Å². The third kappa shape index (κ3) is 8.68. The highest BCUT2D eigenvalue weighted by Gasteiger charge is 2.11. The topological polar surface area (TPSA) is 115 Å². The molecule has 0 saturated heterocycles. The van der Waals surface area contributed by atoms with Crippen LogP contribution >= 0.6 is 11.6 Å². The highest BCUT2D eigenvalue weighted by Crippen LogP contribution is 2.08. The van der Waals surface area contributed by atoms with E-state index in [1.54, 1.807) is 12.1 Å². The molecule has 0 radical (unpaired) electrons. The minimum absolute atomic E-state index is 0.0356. The standard InChI is InChI=1S/C11H14ClNO2S.C7H8O3S/c12-8-11(16(14)15)10(13)7-6-9-4-2-1-3-5-9;1-6-2-4-7(5-3-6)11(8,9)10/h1-5,10H,6-8,13H2;2-5H,1H3,(H,8,9,10).